The van der Waals surface area contributed by atoms with Gasteiger partial charge in [-0.25, -0.2) is 0 Å². The van der Waals surface area contributed by atoms with Crippen molar-refractivity contribution in [2.24, 2.45) is 5.92 Å². The molecular weight excluding hydrogens is 296 g/mol. The molecule has 19 heavy (non-hydrogen) atoms. The van der Waals surface area contributed by atoms with Gasteiger partial charge >= 0.3 is 0 Å². The van der Waals surface area contributed by atoms with Gasteiger partial charge in [0, 0.05) is 4.83 Å². The van der Waals surface area contributed by atoms with Crippen LogP contribution >= 0.6 is 15.9 Å². The monoisotopic (exact) mass is 316 g/mol. The first-order valence-electron chi connectivity index (χ1n) is 6.89. The fourth-order valence-corrected chi connectivity index (χ4v) is 2.68. The van der Waals surface area contributed by atoms with Crippen molar-refractivity contribution >= 4 is 15.9 Å². The highest BCUT2D eigenvalue weighted by molar-refractivity contribution is 9.09. The van der Waals surface area contributed by atoms with E-state index in [2.05, 4.69) is 91.3 Å². The van der Waals surface area contributed by atoms with Gasteiger partial charge in [0.2, 0.25) is 0 Å². The van der Waals surface area contributed by atoms with Crippen molar-refractivity contribution in [1.29, 1.82) is 0 Å². The second-order valence-corrected chi connectivity index (χ2v) is 6.52. The minimum atomic E-state index is 0.523. The van der Waals surface area contributed by atoms with Crippen molar-refractivity contribution in [3.05, 3.63) is 60.2 Å². The predicted octanol–water partition coefficient (Wildman–Crippen LogP) is 5.88. The summed E-state index contributed by atoms with van der Waals surface area (Å²) in [5.74, 6) is 1.17. The summed E-state index contributed by atoms with van der Waals surface area (Å²) in [4.78, 5) is 0.523. The Kier molecular flexibility index (Phi) is 4.81. The van der Waals surface area contributed by atoms with E-state index >= 15 is 0 Å². The molecule has 0 saturated heterocycles. The maximum atomic E-state index is 3.81. The molecule has 0 spiro atoms. The molecule has 0 aliphatic carbocycles. The number of halogens is 1. The summed E-state index contributed by atoms with van der Waals surface area (Å²) in [5.41, 5.74) is 3.96. The molecule has 0 aromatic heterocycles. The largest absolute Gasteiger partial charge is 0.0881 e. The highest BCUT2D eigenvalue weighted by Gasteiger charge is 2.18. The third-order valence-corrected chi connectivity index (χ3v) is 5.51. The van der Waals surface area contributed by atoms with Gasteiger partial charge in [-0.05, 0) is 28.5 Å². The molecule has 0 N–H and O–H groups in total. The number of benzene rings is 2. The quantitative estimate of drug-likeness (QED) is 0.618. The van der Waals surface area contributed by atoms with Crippen LogP contribution in [0, 0.1) is 5.92 Å². The summed E-state index contributed by atoms with van der Waals surface area (Å²) in [6.07, 6.45) is 0. The van der Waals surface area contributed by atoms with Crippen molar-refractivity contribution in [2.45, 2.75) is 31.5 Å². The second-order valence-electron chi connectivity index (χ2n) is 5.47. The molecule has 2 rings (SSSR count). The maximum absolute atomic E-state index is 3.81. The molecule has 0 nitrogen and oxygen atoms in total. The van der Waals surface area contributed by atoms with Gasteiger partial charge in [-0.2, -0.15) is 0 Å². The molecule has 2 aromatic carbocycles. The molecule has 0 aliphatic heterocycles. The smallest absolute Gasteiger partial charge is 0.0234 e. The topological polar surface area (TPSA) is 0 Å². The Labute approximate surface area is 125 Å². The molecule has 0 saturated carbocycles. The average molecular weight is 317 g/mol. The van der Waals surface area contributed by atoms with E-state index in [0.717, 1.165) is 0 Å². The molecular formula is C18H21Br. The second kappa shape index (κ2) is 6.38. The molecule has 0 fully saturated rings. The third kappa shape index (κ3) is 3.48. The van der Waals surface area contributed by atoms with Crippen LogP contribution in [-0.2, 0) is 0 Å². The maximum Gasteiger partial charge on any atom is 0.0234 e. The lowest BCUT2D eigenvalue weighted by Gasteiger charge is -2.22. The van der Waals surface area contributed by atoms with Crippen LogP contribution in [0.15, 0.2) is 54.6 Å². The van der Waals surface area contributed by atoms with E-state index in [1.165, 1.54) is 16.7 Å². The first-order valence-corrected chi connectivity index (χ1v) is 7.80. The molecule has 0 bridgehead atoms. The van der Waals surface area contributed by atoms with E-state index in [4.69, 9.17) is 0 Å². The zero-order chi connectivity index (χ0) is 13.8. The summed E-state index contributed by atoms with van der Waals surface area (Å²) < 4.78 is 0. The van der Waals surface area contributed by atoms with E-state index in [1.807, 2.05) is 0 Å². The Morgan fingerprint density at radius 3 is 1.79 bits per heavy atom. The van der Waals surface area contributed by atoms with Crippen molar-refractivity contribution in [2.75, 3.05) is 0 Å². The third-order valence-electron chi connectivity index (χ3n) is 3.66. The fraction of sp³-hybridized carbons (Fsp3) is 0.333. The van der Waals surface area contributed by atoms with Crippen LogP contribution in [0.1, 0.15) is 32.3 Å². The lowest BCUT2D eigenvalue weighted by atomic mass is 9.91. The van der Waals surface area contributed by atoms with Crippen LogP contribution in [0.5, 0.6) is 0 Å². The molecule has 0 amide bonds. The van der Waals surface area contributed by atoms with Gasteiger partial charge in [0.05, 0.1) is 0 Å². The summed E-state index contributed by atoms with van der Waals surface area (Å²) in [6.45, 7) is 6.81. The highest BCUT2D eigenvalue weighted by atomic mass is 79.9. The van der Waals surface area contributed by atoms with Crippen LogP contribution in [-0.4, -0.2) is 4.83 Å². The number of hydrogen-bond acceptors (Lipinski definition) is 0. The van der Waals surface area contributed by atoms with E-state index < -0.39 is 0 Å². The molecule has 100 valence electrons. The van der Waals surface area contributed by atoms with E-state index in [0.29, 0.717) is 16.7 Å². The van der Waals surface area contributed by atoms with Crippen LogP contribution < -0.4 is 0 Å². The molecule has 0 heterocycles. The predicted molar refractivity (Wildman–Crippen MR) is 87.8 cm³/mol. The first kappa shape index (κ1) is 14.3. The number of rotatable bonds is 4. The van der Waals surface area contributed by atoms with Crippen molar-refractivity contribution in [3.8, 4) is 11.1 Å². The molecule has 2 atom stereocenters. The summed E-state index contributed by atoms with van der Waals surface area (Å²) in [5, 5.41) is 0. The van der Waals surface area contributed by atoms with Crippen LogP contribution in [0.4, 0.5) is 0 Å². The lowest BCUT2D eigenvalue weighted by molar-refractivity contribution is 0.550. The van der Waals surface area contributed by atoms with Gasteiger partial charge in [0.1, 0.15) is 0 Å². The lowest BCUT2D eigenvalue weighted by Crippen LogP contribution is -2.15. The van der Waals surface area contributed by atoms with Crippen molar-refractivity contribution in [3.63, 3.8) is 0 Å². The first-order chi connectivity index (χ1) is 9.09. The minimum absolute atomic E-state index is 0.523. The number of hydrogen-bond donors (Lipinski definition) is 0. The molecule has 2 aromatic rings. The van der Waals surface area contributed by atoms with Crippen molar-refractivity contribution < 1.29 is 0 Å². The van der Waals surface area contributed by atoms with Crippen LogP contribution in [0.3, 0.4) is 0 Å². The van der Waals surface area contributed by atoms with Gasteiger partial charge in [-0.3, -0.25) is 0 Å². The molecule has 0 aliphatic rings. The average Bonchev–Trinajstić information content (AvgIpc) is 2.46. The van der Waals surface area contributed by atoms with E-state index in [1.54, 1.807) is 0 Å². The fourth-order valence-electron chi connectivity index (χ4n) is 2.37. The zero-order valence-corrected chi connectivity index (χ0v) is 13.4. The highest BCUT2D eigenvalue weighted by Crippen LogP contribution is 2.31. The Hall–Kier alpha value is -1.08. The Morgan fingerprint density at radius 1 is 0.737 bits per heavy atom. The summed E-state index contributed by atoms with van der Waals surface area (Å²) in [6, 6.07) is 19.5. The van der Waals surface area contributed by atoms with Gasteiger partial charge in [-0.15, -0.1) is 0 Å². The molecule has 2 unspecified atom stereocenters. The normalized spacial score (nSPS) is 14.4. The SMILES string of the molecule is CC(C)C(Br)C(C)c1ccc(-c2ccccc2)cc1. The Bertz CT molecular complexity index is 499. The molecule has 1 heteroatoms. The van der Waals surface area contributed by atoms with Crippen LogP contribution in [0.25, 0.3) is 11.1 Å². The summed E-state index contributed by atoms with van der Waals surface area (Å²) in [7, 11) is 0. The Morgan fingerprint density at radius 2 is 1.26 bits per heavy atom. The van der Waals surface area contributed by atoms with E-state index in [-0.39, 0.29) is 0 Å². The standard InChI is InChI=1S/C18H21Br/c1-13(2)18(19)14(3)15-9-11-17(12-10-15)16-7-5-4-6-8-16/h4-14,18H,1-3H3. The van der Waals surface area contributed by atoms with Crippen molar-refractivity contribution in [1.82, 2.24) is 0 Å². The van der Waals surface area contributed by atoms with Gasteiger partial charge in [0.25, 0.3) is 0 Å². The van der Waals surface area contributed by atoms with Gasteiger partial charge < -0.3 is 0 Å². The van der Waals surface area contributed by atoms with Gasteiger partial charge in [0.15, 0.2) is 0 Å². The zero-order valence-electron chi connectivity index (χ0n) is 11.8. The minimum Gasteiger partial charge on any atom is -0.0881 e. The molecule has 0 radical (unpaired) electrons. The Balaban J connectivity index is 2.19. The number of alkyl halides is 1. The summed E-state index contributed by atoms with van der Waals surface area (Å²) >= 11 is 3.81. The van der Waals surface area contributed by atoms with Gasteiger partial charge in [-0.1, -0.05) is 91.3 Å². The van der Waals surface area contributed by atoms with E-state index in [9.17, 15) is 0 Å². The van der Waals surface area contributed by atoms with Crippen LogP contribution in [0.2, 0.25) is 0 Å².